The van der Waals surface area contributed by atoms with Crippen LogP contribution >= 0.6 is 0 Å². The number of fused-ring (bicyclic) bond motifs is 1. The third-order valence-electron chi connectivity index (χ3n) is 2.76. The van der Waals surface area contributed by atoms with Crippen LogP contribution in [0, 0.1) is 10.1 Å². The molecule has 0 fully saturated rings. The molecule has 0 bridgehead atoms. The quantitative estimate of drug-likeness (QED) is 0.578. The topological polar surface area (TPSA) is 94.1 Å². The van der Waals surface area contributed by atoms with Gasteiger partial charge in [0, 0.05) is 25.0 Å². The molecule has 0 radical (unpaired) electrons. The smallest absolute Gasteiger partial charge is 0.298 e. The minimum absolute atomic E-state index is 0.0688. The first-order valence-corrected chi connectivity index (χ1v) is 5.91. The summed E-state index contributed by atoms with van der Waals surface area (Å²) in [4.78, 5) is 18.5. The maximum absolute atomic E-state index is 10.9. The van der Waals surface area contributed by atoms with Crippen molar-refractivity contribution < 1.29 is 9.34 Å². The van der Waals surface area contributed by atoms with Crippen LogP contribution in [0.2, 0.25) is 0 Å². The number of pyridine rings is 1. The van der Waals surface area contributed by atoms with E-state index >= 15 is 0 Å². The number of nitro benzene ring substituents is 1. The molecule has 100 valence electrons. The Kier molecular flexibility index (Phi) is 3.00. The zero-order chi connectivity index (χ0) is 13.9. The Labute approximate surface area is 113 Å². The lowest BCUT2D eigenvalue weighted by Gasteiger charge is -2.00. The van der Waals surface area contributed by atoms with E-state index < -0.39 is 4.92 Å². The summed E-state index contributed by atoms with van der Waals surface area (Å²) in [7, 11) is 0. The van der Waals surface area contributed by atoms with Crippen molar-refractivity contribution in [2.75, 3.05) is 5.32 Å². The van der Waals surface area contributed by atoms with E-state index in [1.807, 2.05) is 12.1 Å². The number of para-hydroxylation sites is 1. The molecule has 2 heterocycles. The number of oxazole rings is 1. The van der Waals surface area contributed by atoms with Gasteiger partial charge < -0.3 is 9.73 Å². The second-order valence-corrected chi connectivity index (χ2v) is 4.11. The summed E-state index contributed by atoms with van der Waals surface area (Å²) in [5.41, 5.74) is 1.52. The molecule has 20 heavy (non-hydrogen) atoms. The molecule has 0 spiro atoms. The average molecular weight is 270 g/mol. The number of hydrogen-bond acceptors (Lipinski definition) is 6. The Morgan fingerprint density at radius 3 is 2.95 bits per heavy atom. The molecule has 0 aliphatic carbocycles. The Morgan fingerprint density at radius 1 is 1.30 bits per heavy atom. The Morgan fingerprint density at radius 2 is 2.20 bits per heavy atom. The van der Waals surface area contributed by atoms with Gasteiger partial charge in [-0.15, -0.1) is 0 Å². The third kappa shape index (κ3) is 2.28. The highest BCUT2D eigenvalue weighted by Gasteiger charge is 2.17. The van der Waals surface area contributed by atoms with Crippen molar-refractivity contribution in [2.24, 2.45) is 0 Å². The van der Waals surface area contributed by atoms with Crippen LogP contribution in [0.1, 0.15) is 5.56 Å². The largest absolute Gasteiger partial charge is 0.423 e. The van der Waals surface area contributed by atoms with Gasteiger partial charge in [-0.1, -0.05) is 12.1 Å². The number of nitrogens with zero attached hydrogens (tertiary/aromatic N) is 3. The van der Waals surface area contributed by atoms with Gasteiger partial charge in [0.25, 0.3) is 11.7 Å². The lowest BCUT2D eigenvalue weighted by atomic mass is 10.3. The zero-order valence-corrected chi connectivity index (χ0v) is 10.3. The van der Waals surface area contributed by atoms with E-state index in [1.54, 1.807) is 24.5 Å². The molecule has 0 saturated carbocycles. The van der Waals surface area contributed by atoms with Crippen molar-refractivity contribution in [3.8, 4) is 0 Å². The van der Waals surface area contributed by atoms with E-state index in [1.165, 1.54) is 6.07 Å². The molecule has 0 aliphatic heterocycles. The highest BCUT2D eigenvalue weighted by Crippen LogP contribution is 2.27. The van der Waals surface area contributed by atoms with Gasteiger partial charge in [-0.3, -0.25) is 15.1 Å². The maximum atomic E-state index is 10.9. The van der Waals surface area contributed by atoms with E-state index in [2.05, 4.69) is 15.3 Å². The van der Waals surface area contributed by atoms with Gasteiger partial charge in [0.05, 0.1) is 4.92 Å². The maximum Gasteiger partial charge on any atom is 0.298 e. The summed E-state index contributed by atoms with van der Waals surface area (Å²) in [5, 5.41) is 13.9. The number of nitrogens with one attached hydrogen (secondary N) is 1. The Balaban J connectivity index is 1.86. The number of hydrogen-bond donors (Lipinski definition) is 1. The third-order valence-corrected chi connectivity index (χ3v) is 2.76. The monoisotopic (exact) mass is 270 g/mol. The van der Waals surface area contributed by atoms with Gasteiger partial charge in [-0.2, -0.15) is 4.98 Å². The fourth-order valence-electron chi connectivity index (χ4n) is 1.84. The van der Waals surface area contributed by atoms with Crippen molar-refractivity contribution in [1.82, 2.24) is 9.97 Å². The van der Waals surface area contributed by atoms with Crippen LogP contribution in [-0.2, 0) is 6.54 Å². The van der Waals surface area contributed by atoms with Crippen molar-refractivity contribution in [1.29, 1.82) is 0 Å². The van der Waals surface area contributed by atoms with Crippen molar-refractivity contribution in [3.63, 3.8) is 0 Å². The number of anilines is 1. The van der Waals surface area contributed by atoms with Crippen LogP contribution in [-0.4, -0.2) is 14.9 Å². The van der Waals surface area contributed by atoms with Gasteiger partial charge in [0.2, 0.25) is 0 Å². The standard InChI is InChI=1S/C13H10N4O3/c18-17(19)10-4-1-5-11-12(10)16-13(20-11)15-8-9-3-2-6-14-7-9/h1-7H,8H2,(H,15,16). The molecular weight excluding hydrogens is 260 g/mol. The molecule has 0 saturated heterocycles. The molecule has 7 heteroatoms. The van der Waals surface area contributed by atoms with Gasteiger partial charge >= 0.3 is 0 Å². The van der Waals surface area contributed by atoms with Crippen molar-refractivity contribution in [3.05, 3.63) is 58.4 Å². The summed E-state index contributed by atoms with van der Waals surface area (Å²) >= 11 is 0. The first-order chi connectivity index (χ1) is 9.74. The molecule has 0 unspecified atom stereocenters. The highest BCUT2D eigenvalue weighted by molar-refractivity contribution is 5.83. The molecule has 2 aromatic heterocycles. The van der Waals surface area contributed by atoms with E-state index in [-0.39, 0.29) is 17.2 Å². The molecule has 1 N–H and O–H groups in total. The fourth-order valence-corrected chi connectivity index (χ4v) is 1.84. The van der Waals surface area contributed by atoms with Crippen molar-refractivity contribution in [2.45, 2.75) is 6.54 Å². The van der Waals surface area contributed by atoms with Crippen LogP contribution in [0.3, 0.4) is 0 Å². The predicted molar refractivity (Wildman–Crippen MR) is 72.2 cm³/mol. The van der Waals surface area contributed by atoms with E-state index in [0.717, 1.165) is 5.56 Å². The second-order valence-electron chi connectivity index (χ2n) is 4.11. The van der Waals surface area contributed by atoms with E-state index in [9.17, 15) is 10.1 Å². The Bertz CT molecular complexity index is 755. The number of non-ortho nitro benzene ring substituents is 1. The van der Waals surface area contributed by atoms with Gasteiger partial charge in [0.15, 0.2) is 11.1 Å². The van der Waals surface area contributed by atoms with Gasteiger partial charge in [-0.25, -0.2) is 0 Å². The van der Waals surface area contributed by atoms with Crippen LogP contribution in [0.15, 0.2) is 47.1 Å². The van der Waals surface area contributed by atoms with Gasteiger partial charge in [-0.05, 0) is 17.7 Å². The SMILES string of the molecule is O=[N+]([O-])c1cccc2oc(NCc3cccnc3)nc12. The number of aromatic nitrogens is 2. The van der Waals surface area contributed by atoms with E-state index in [4.69, 9.17) is 4.42 Å². The summed E-state index contributed by atoms with van der Waals surface area (Å²) < 4.78 is 5.43. The van der Waals surface area contributed by atoms with E-state index in [0.29, 0.717) is 12.1 Å². The van der Waals surface area contributed by atoms with Crippen LogP contribution in [0.25, 0.3) is 11.1 Å². The lowest BCUT2D eigenvalue weighted by molar-refractivity contribution is -0.383. The first-order valence-electron chi connectivity index (χ1n) is 5.91. The fraction of sp³-hybridized carbons (Fsp3) is 0.0769. The lowest BCUT2D eigenvalue weighted by Crippen LogP contribution is -1.99. The molecular formula is C13H10N4O3. The van der Waals surface area contributed by atoms with Crippen LogP contribution in [0.5, 0.6) is 0 Å². The van der Waals surface area contributed by atoms with Gasteiger partial charge in [0.1, 0.15) is 0 Å². The summed E-state index contributed by atoms with van der Waals surface area (Å²) in [6.45, 7) is 0.481. The highest BCUT2D eigenvalue weighted by atomic mass is 16.6. The van der Waals surface area contributed by atoms with Crippen LogP contribution < -0.4 is 5.32 Å². The number of nitro groups is 1. The molecule has 3 aromatic rings. The normalized spacial score (nSPS) is 10.6. The molecule has 0 amide bonds. The van der Waals surface area contributed by atoms with Crippen molar-refractivity contribution >= 4 is 22.8 Å². The molecule has 3 rings (SSSR count). The van der Waals surface area contributed by atoms with Crippen LogP contribution in [0.4, 0.5) is 11.7 Å². The molecule has 0 aliphatic rings. The molecule has 7 nitrogen and oxygen atoms in total. The average Bonchev–Trinajstić information content (AvgIpc) is 2.88. The molecule has 0 atom stereocenters. The number of benzene rings is 1. The minimum Gasteiger partial charge on any atom is -0.423 e. The Hall–Kier alpha value is -2.96. The summed E-state index contributed by atoms with van der Waals surface area (Å²) in [6, 6.07) is 8.59. The zero-order valence-electron chi connectivity index (χ0n) is 10.3. The molecule has 1 aromatic carbocycles. The first kappa shape index (κ1) is 12.1. The minimum atomic E-state index is -0.476. The summed E-state index contributed by atoms with van der Waals surface area (Å²) in [6.07, 6.45) is 3.41. The summed E-state index contributed by atoms with van der Waals surface area (Å²) in [5.74, 6) is 0. The second kappa shape index (κ2) is 4.96. The number of rotatable bonds is 4. The predicted octanol–water partition coefficient (Wildman–Crippen LogP) is 2.74.